The van der Waals surface area contributed by atoms with Gasteiger partial charge in [-0.05, 0) is 18.6 Å². The van der Waals surface area contributed by atoms with Crippen molar-refractivity contribution < 1.29 is 24.9 Å². The Hall–Kier alpha value is -1.75. The fourth-order valence-electron chi connectivity index (χ4n) is 2.52. The number of rotatable bonds is 5. The number of unbranched alkanes of at least 4 members (excludes halogenated alkanes) is 1. The molecule has 0 aliphatic carbocycles. The van der Waals surface area contributed by atoms with Crippen LogP contribution in [0.4, 0.5) is 0 Å². The second kappa shape index (κ2) is 5.09. The van der Waals surface area contributed by atoms with Crippen LogP contribution < -0.4 is 4.74 Å². The summed E-state index contributed by atoms with van der Waals surface area (Å²) in [5.74, 6) is -1.55. The van der Waals surface area contributed by atoms with E-state index < -0.39 is 17.5 Å². The molecule has 1 heterocycles. The predicted octanol–water partition coefficient (Wildman–Crippen LogP) is 1.86. The molecule has 104 valence electrons. The van der Waals surface area contributed by atoms with Gasteiger partial charge in [0.25, 0.3) is 0 Å². The highest BCUT2D eigenvalue weighted by atomic mass is 16.5. The first-order valence-corrected chi connectivity index (χ1v) is 6.40. The van der Waals surface area contributed by atoms with Gasteiger partial charge in [0.2, 0.25) is 0 Å². The van der Waals surface area contributed by atoms with Gasteiger partial charge in [0.1, 0.15) is 23.7 Å². The Kier molecular flexibility index (Phi) is 3.66. The number of carboxylic acids is 1. The Balaban J connectivity index is 2.35. The Labute approximate surface area is 111 Å². The lowest BCUT2D eigenvalue weighted by molar-refractivity contribution is -0.154. The zero-order valence-corrected chi connectivity index (χ0v) is 10.8. The standard InChI is InChI=1S/C14H18O5/c1-2-3-4-11(13(16)17)14(18)8-19-12-7-9(15)5-6-10(12)14/h5-7,11,15,18H,2-4,8H2,1H3,(H,16,17). The number of aromatic hydroxyl groups is 1. The quantitative estimate of drug-likeness (QED) is 0.757. The van der Waals surface area contributed by atoms with Gasteiger partial charge >= 0.3 is 5.97 Å². The SMILES string of the molecule is CCCCC(C(=O)O)C1(O)COc2cc(O)ccc21. The number of ether oxygens (including phenoxy) is 1. The number of aliphatic hydroxyl groups is 1. The van der Waals surface area contributed by atoms with Gasteiger partial charge in [0.15, 0.2) is 0 Å². The third-order valence-corrected chi connectivity index (χ3v) is 3.60. The molecule has 0 spiro atoms. The van der Waals surface area contributed by atoms with E-state index >= 15 is 0 Å². The van der Waals surface area contributed by atoms with Gasteiger partial charge in [-0.2, -0.15) is 0 Å². The van der Waals surface area contributed by atoms with Crippen LogP contribution in [0.1, 0.15) is 31.7 Å². The molecular formula is C14H18O5. The molecule has 2 rings (SSSR count). The Morgan fingerprint density at radius 2 is 2.26 bits per heavy atom. The normalized spacial score (nSPS) is 22.6. The van der Waals surface area contributed by atoms with E-state index in [1.807, 2.05) is 6.92 Å². The summed E-state index contributed by atoms with van der Waals surface area (Å²) in [6.07, 6.45) is 1.99. The van der Waals surface area contributed by atoms with Crippen molar-refractivity contribution in [3.05, 3.63) is 23.8 Å². The predicted molar refractivity (Wildman–Crippen MR) is 68.1 cm³/mol. The molecule has 0 aromatic heterocycles. The molecule has 3 N–H and O–H groups in total. The van der Waals surface area contributed by atoms with Crippen molar-refractivity contribution in [2.24, 2.45) is 5.92 Å². The fourth-order valence-corrected chi connectivity index (χ4v) is 2.52. The van der Waals surface area contributed by atoms with Gasteiger partial charge in [-0.3, -0.25) is 4.79 Å². The van der Waals surface area contributed by atoms with Crippen LogP contribution in [-0.4, -0.2) is 27.9 Å². The van der Waals surface area contributed by atoms with Gasteiger partial charge in [-0.25, -0.2) is 0 Å². The number of phenols is 1. The number of hydrogen-bond acceptors (Lipinski definition) is 4. The lowest BCUT2D eigenvalue weighted by atomic mass is 9.80. The van der Waals surface area contributed by atoms with Gasteiger partial charge < -0.3 is 20.1 Å². The van der Waals surface area contributed by atoms with Crippen molar-refractivity contribution >= 4 is 5.97 Å². The molecule has 2 unspecified atom stereocenters. The van der Waals surface area contributed by atoms with Crippen molar-refractivity contribution in [2.75, 3.05) is 6.61 Å². The molecule has 0 radical (unpaired) electrons. The summed E-state index contributed by atoms with van der Waals surface area (Å²) in [7, 11) is 0. The summed E-state index contributed by atoms with van der Waals surface area (Å²) >= 11 is 0. The smallest absolute Gasteiger partial charge is 0.309 e. The largest absolute Gasteiger partial charge is 0.508 e. The van der Waals surface area contributed by atoms with Crippen LogP contribution >= 0.6 is 0 Å². The first-order valence-electron chi connectivity index (χ1n) is 6.40. The maximum atomic E-state index is 11.4. The van der Waals surface area contributed by atoms with E-state index in [4.69, 9.17) is 4.74 Å². The molecule has 1 aliphatic heterocycles. The highest BCUT2D eigenvalue weighted by Crippen LogP contribution is 2.44. The van der Waals surface area contributed by atoms with Gasteiger partial charge in [0, 0.05) is 11.6 Å². The van der Waals surface area contributed by atoms with Crippen LogP contribution in [0.5, 0.6) is 11.5 Å². The first-order chi connectivity index (χ1) is 8.99. The van der Waals surface area contributed by atoms with Crippen LogP contribution in [0, 0.1) is 5.92 Å². The second-order valence-corrected chi connectivity index (χ2v) is 4.93. The van der Waals surface area contributed by atoms with Gasteiger partial charge in [-0.15, -0.1) is 0 Å². The minimum Gasteiger partial charge on any atom is -0.508 e. The molecule has 19 heavy (non-hydrogen) atoms. The van der Waals surface area contributed by atoms with Crippen molar-refractivity contribution in [2.45, 2.75) is 31.8 Å². The van der Waals surface area contributed by atoms with Crippen LogP contribution in [0.25, 0.3) is 0 Å². The van der Waals surface area contributed by atoms with Crippen LogP contribution in [0.2, 0.25) is 0 Å². The summed E-state index contributed by atoms with van der Waals surface area (Å²) in [6, 6.07) is 4.35. The Bertz CT molecular complexity index is 485. The monoisotopic (exact) mass is 266 g/mol. The van der Waals surface area contributed by atoms with Gasteiger partial charge in [-0.1, -0.05) is 19.8 Å². The lowest BCUT2D eigenvalue weighted by Crippen LogP contribution is -2.41. The van der Waals surface area contributed by atoms with E-state index in [0.29, 0.717) is 17.7 Å². The molecule has 1 aromatic carbocycles. The van der Waals surface area contributed by atoms with Crippen LogP contribution in [0.15, 0.2) is 18.2 Å². The minimum absolute atomic E-state index is 0.0310. The Morgan fingerprint density at radius 1 is 1.53 bits per heavy atom. The summed E-state index contributed by atoms with van der Waals surface area (Å²) in [6.45, 7) is 1.88. The minimum atomic E-state index is -1.52. The van der Waals surface area contributed by atoms with E-state index in [-0.39, 0.29) is 12.4 Å². The maximum Gasteiger partial charge on any atom is 0.309 e. The van der Waals surface area contributed by atoms with E-state index in [0.717, 1.165) is 12.8 Å². The first kappa shape index (κ1) is 13.7. The van der Waals surface area contributed by atoms with Crippen LogP contribution in [-0.2, 0) is 10.4 Å². The zero-order chi connectivity index (χ0) is 14.0. The number of hydrogen-bond donors (Lipinski definition) is 3. The highest BCUT2D eigenvalue weighted by molar-refractivity contribution is 5.73. The molecule has 0 bridgehead atoms. The van der Waals surface area contributed by atoms with E-state index in [1.165, 1.54) is 18.2 Å². The topological polar surface area (TPSA) is 87.0 Å². The van der Waals surface area contributed by atoms with Crippen LogP contribution in [0.3, 0.4) is 0 Å². The Morgan fingerprint density at radius 3 is 2.89 bits per heavy atom. The summed E-state index contributed by atoms with van der Waals surface area (Å²) < 4.78 is 5.33. The third kappa shape index (κ3) is 2.38. The van der Waals surface area contributed by atoms with E-state index in [1.54, 1.807) is 0 Å². The number of carboxylic acid groups (broad SMARTS) is 1. The van der Waals surface area contributed by atoms with Crippen molar-refractivity contribution in [1.82, 2.24) is 0 Å². The average Bonchev–Trinajstić information content (AvgIpc) is 2.67. The molecule has 5 heteroatoms. The number of carbonyl (C=O) groups is 1. The molecular weight excluding hydrogens is 248 g/mol. The molecule has 1 aliphatic rings. The summed E-state index contributed by atoms with van der Waals surface area (Å²) in [4.78, 5) is 11.4. The van der Waals surface area contributed by atoms with Crippen molar-refractivity contribution in [3.8, 4) is 11.5 Å². The molecule has 0 fully saturated rings. The second-order valence-electron chi connectivity index (χ2n) is 4.93. The van der Waals surface area contributed by atoms with Crippen molar-refractivity contribution in [3.63, 3.8) is 0 Å². The molecule has 0 saturated heterocycles. The van der Waals surface area contributed by atoms with Crippen molar-refractivity contribution in [1.29, 1.82) is 0 Å². The molecule has 1 aromatic rings. The maximum absolute atomic E-state index is 11.4. The number of fused-ring (bicyclic) bond motifs is 1. The molecule has 5 nitrogen and oxygen atoms in total. The highest BCUT2D eigenvalue weighted by Gasteiger charge is 2.48. The van der Waals surface area contributed by atoms with E-state index in [2.05, 4.69) is 0 Å². The molecule has 0 saturated carbocycles. The summed E-state index contributed by atoms with van der Waals surface area (Å²) in [5.41, 5.74) is -1.09. The van der Waals surface area contributed by atoms with Gasteiger partial charge in [0.05, 0.1) is 5.92 Å². The summed E-state index contributed by atoms with van der Waals surface area (Å²) in [5, 5.41) is 29.4. The zero-order valence-electron chi connectivity index (χ0n) is 10.8. The number of phenolic OH excluding ortho intramolecular Hbond substituents is 1. The molecule has 0 amide bonds. The number of benzene rings is 1. The fraction of sp³-hybridized carbons (Fsp3) is 0.500. The molecule has 2 atom stereocenters. The third-order valence-electron chi connectivity index (χ3n) is 3.60. The van der Waals surface area contributed by atoms with E-state index in [9.17, 15) is 20.1 Å². The average molecular weight is 266 g/mol. The number of aliphatic carboxylic acids is 1. The lowest BCUT2D eigenvalue weighted by Gasteiger charge is -2.28.